The summed E-state index contributed by atoms with van der Waals surface area (Å²) < 4.78 is 5.37. The molecule has 7 nitrogen and oxygen atoms in total. The number of hydrogen-bond donors (Lipinski definition) is 2. The van der Waals surface area contributed by atoms with E-state index in [0.29, 0.717) is 24.5 Å². The highest BCUT2D eigenvalue weighted by Crippen LogP contribution is 2.42. The largest absolute Gasteiger partial charge is 0.495 e. The normalized spacial score (nSPS) is 15.9. The van der Waals surface area contributed by atoms with E-state index in [1.807, 2.05) is 35.2 Å². The van der Waals surface area contributed by atoms with Gasteiger partial charge in [0.2, 0.25) is 0 Å². The molecule has 2 amide bonds. The van der Waals surface area contributed by atoms with Crippen LogP contribution >= 0.6 is 11.3 Å². The SMILES string of the molecule is COc1ccccc1NC(=O)N1CCN(C2=C(c3ccccc3)N(C)Cc3sc(N)cc32)CC1. The van der Waals surface area contributed by atoms with Crippen LogP contribution in [0.2, 0.25) is 0 Å². The Balaban J connectivity index is 1.39. The number of hydrogen-bond acceptors (Lipinski definition) is 6. The van der Waals surface area contributed by atoms with E-state index in [2.05, 4.69) is 52.5 Å². The molecule has 2 aromatic carbocycles. The number of ether oxygens (including phenoxy) is 1. The number of nitrogens with zero attached hydrogens (tertiary/aromatic N) is 3. The van der Waals surface area contributed by atoms with Gasteiger partial charge in [0.15, 0.2) is 0 Å². The van der Waals surface area contributed by atoms with Crippen molar-refractivity contribution in [3.05, 3.63) is 76.7 Å². The molecule has 5 rings (SSSR count). The van der Waals surface area contributed by atoms with E-state index in [1.54, 1.807) is 18.4 Å². The number of amides is 2. The first-order valence-electron chi connectivity index (χ1n) is 11.4. The van der Waals surface area contributed by atoms with Crippen LogP contribution in [0, 0.1) is 0 Å². The molecule has 8 heteroatoms. The van der Waals surface area contributed by atoms with Gasteiger partial charge >= 0.3 is 6.03 Å². The number of benzene rings is 2. The topological polar surface area (TPSA) is 74.1 Å². The van der Waals surface area contributed by atoms with E-state index in [0.717, 1.165) is 24.6 Å². The molecule has 0 radical (unpaired) electrons. The fraction of sp³-hybridized carbons (Fsp3) is 0.269. The van der Waals surface area contributed by atoms with Gasteiger partial charge in [-0.2, -0.15) is 0 Å². The molecule has 3 heterocycles. The van der Waals surface area contributed by atoms with Crippen molar-refractivity contribution >= 4 is 39.5 Å². The summed E-state index contributed by atoms with van der Waals surface area (Å²) in [7, 11) is 3.74. The Morgan fingerprint density at radius 3 is 2.44 bits per heavy atom. The Morgan fingerprint density at radius 1 is 1.00 bits per heavy atom. The maximum absolute atomic E-state index is 13.0. The maximum atomic E-state index is 13.0. The van der Waals surface area contributed by atoms with Gasteiger partial charge in [-0.15, -0.1) is 11.3 Å². The zero-order valence-corrected chi connectivity index (χ0v) is 20.3. The van der Waals surface area contributed by atoms with Crippen LogP contribution < -0.4 is 15.8 Å². The first-order valence-corrected chi connectivity index (χ1v) is 12.2. The minimum atomic E-state index is -0.109. The molecule has 0 spiro atoms. The second kappa shape index (κ2) is 9.30. The molecule has 0 atom stereocenters. The maximum Gasteiger partial charge on any atom is 0.322 e. The number of carbonyl (C=O) groups excluding carboxylic acids is 1. The predicted molar refractivity (Wildman–Crippen MR) is 139 cm³/mol. The van der Waals surface area contributed by atoms with Gasteiger partial charge in [0.25, 0.3) is 0 Å². The monoisotopic (exact) mass is 475 g/mol. The van der Waals surface area contributed by atoms with Crippen LogP contribution in [0.1, 0.15) is 16.0 Å². The van der Waals surface area contributed by atoms with E-state index in [9.17, 15) is 4.79 Å². The summed E-state index contributed by atoms with van der Waals surface area (Å²) in [5.74, 6) is 0.653. The Labute approximate surface area is 204 Å². The Hall–Kier alpha value is -3.65. The number of urea groups is 1. The number of para-hydroxylation sites is 2. The molecule has 0 aliphatic carbocycles. The summed E-state index contributed by atoms with van der Waals surface area (Å²) in [6, 6.07) is 20.0. The fourth-order valence-electron chi connectivity index (χ4n) is 4.72. The first-order chi connectivity index (χ1) is 16.5. The Bertz CT molecular complexity index is 1210. The number of nitrogens with two attached hydrogens (primary N) is 1. The molecule has 1 saturated heterocycles. The van der Waals surface area contributed by atoms with Crippen LogP contribution in [0.15, 0.2) is 60.7 Å². The molecule has 1 aromatic heterocycles. The van der Waals surface area contributed by atoms with Crippen molar-refractivity contribution in [3.63, 3.8) is 0 Å². The third kappa shape index (κ3) is 4.17. The smallest absolute Gasteiger partial charge is 0.322 e. The molecule has 34 heavy (non-hydrogen) atoms. The first kappa shape index (κ1) is 22.2. The van der Waals surface area contributed by atoms with E-state index < -0.39 is 0 Å². The minimum Gasteiger partial charge on any atom is -0.495 e. The number of piperazine rings is 1. The molecule has 2 aliphatic heterocycles. The van der Waals surface area contributed by atoms with Crippen molar-refractivity contribution in [1.29, 1.82) is 0 Å². The molecule has 1 fully saturated rings. The molecular formula is C26H29N5O2S. The lowest BCUT2D eigenvalue weighted by molar-refractivity contribution is 0.177. The highest BCUT2D eigenvalue weighted by molar-refractivity contribution is 7.16. The Morgan fingerprint density at radius 2 is 1.71 bits per heavy atom. The molecular weight excluding hydrogens is 446 g/mol. The Kier molecular flexibility index (Phi) is 6.06. The lowest BCUT2D eigenvalue weighted by atomic mass is 9.99. The van der Waals surface area contributed by atoms with E-state index in [4.69, 9.17) is 10.5 Å². The number of thiophene rings is 1. The van der Waals surface area contributed by atoms with E-state index >= 15 is 0 Å². The van der Waals surface area contributed by atoms with Gasteiger partial charge in [-0.25, -0.2) is 4.79 Å². The number of anilines is 2. The number of nitrogen functional groups attached to an aromatic ring is 1. The van der Waals surface area contributed by atoms with Crippen molar-refractivity contribution in [2.24, 2.45) is 0 Å². The van der Waals surface area contributed by atoms with Crippen LogP contribution in [0.3, 0.4) is 0 Å². The van der Waals surface area contributed by atoms with Gasteiger partial charge in [0.05, 0.1) is 35.7 Å². The van der Waals surface area contributed by atoms with Gasteiger partial charge < -0.3 is 30.5 Å². The summed E-state index contributed by atoms with van der Waals surface area (Å²) in [4.78, 5) is 20.8. The van der Waals surface area contributed by atoms with Crippen molar-refractivity contribution in [3.8, 4) is 5.75 Å². The number of fused-ring (bicyclic) bond motifs is 1. The quantitative estimate of drug-likeness (QED) is 0.583. The number of methoxy groups -OCH3 is 1. The second-order valence-electron chi connectivity index (χ2n) is 8.51. The highest BCUT2D eigenvalue weighted by Gasteiger charge is 2.32. The lowest BCUT2D eigenvalue weighted by Gasteiger charge is -2.41. The van der Waals surface area contributed by atoms with Crippen LogP contribution in [-0.2, 0) is 6.54 Å². The molecule has 3 N–H and O–H groups in total. The van der Waals surface area contributed by atoms with Gasteiger partial charge in [-0.3, -0.25) is 0 Å². The minimum absolute atomic E-state index is 0.109. The predicted octanol–water partition coefficient (Wildman–Crippen LogP) is 4.46. The van der Waals surface area contributed by atoms with Crippen molar-refractivity contribution in [2.45, 2.75) is 6.54 Å². The van der Waals surface area contributed by atoms with Crippen LogP contribution in [0.4, 0.5) is 15.5 Å². The average Bonchev–Trinajstić information content (AvgIpc) is 3.23. The summed E-state index contributed by atoms with van der Waals surface area (Å²) in [5.41, 5.74) is 11.7. The van der Waals surface area contributed by atoms with Crippen molar-refractivity contribution in [1.82, 2.24) is 14.7 Å². The van der Waals surface area contributed by atoms with Crippen LogP contribution in [0.25, 0.3) is 11.4 Å². The molecule has 0 unspecified atom stereocenters. The fourth-order valence-corrected chi connectivity index (χ4v) is 5.70. The molecule has 0 bridgehead atoms. The molecule has 176 valence electrons. The second-order valence-corrected chi connectivity index (χ2v) is 9.68. The standard InChI is InChI=1S/C26H29N5O2S/c1-29-17-22-19(16-23(27)34-22)25(24(29)18-8-4-3-5-9-18)30-12-14-31(15-13-30)26(32)28-20-10-6-7-11-21(20)33-2/h3-11,16H,12-15,17,27H2,1-2H3,(H,28,32). The van der Waals surface area contributed by atoms with Crippen LogP contribution in [-0.4, -0.2) is 61.1 Å². The number of carbonyl (C=O) groups is 1. The van der Waals surface area contributed by atoms with Gasteiger partial charge in [0.1, 0.15) is 5.75 Å². The summed E-state index contributed by atoms with van der Waals surface area (Å²) >= 11 is 1.66. The van der Waals surface area contributed by atoms with Crippen molar-refractivity contribution in [2.75, 3.05) is 51.4 Å². The van der Waals surface area contributed by atoms with E-state index in [1.165, 1.54) is 27.4 Å². The van der Waals surface area contributed by atoms with Gasteiger partial charge in [-0.1, -0.05) is 42.5 Å². The zero-order valence-electron chi connectivity index (χ0n) is 19.5. The summed E-state index contributed by atoms with van der Waals surface area (Å²) in [6.45, 7) is 3.59. The average molecular weight is 476 g/mol. The zero-order chi connectivity index (χ0) is 23.7. The van der Waals surface area contributed by atoms with Gasteiger partial charge in [0, 0.05) is 43.7 Å². The third-order valence-corrected chi connectivity index (χ3v) is 7.30. The number of nitrogens with one attached hydrogen (secondary N) is 1. The lowest BCUT2D eigenvalue weighted by Crippen LogP contribution is -2.50. The third-order valence-electron chi connectivity index (χ3n) is 6.35. The molecule has 2 aliphatic rings. The molecule has 3 aromatic rings. The molecule has 0 saturated carbocycles. The highest BCUT2D eigenvalue weighted by atomic mass is 32.1. The van der Waals surface area contributed by atoms with E-state index in [-0.39, 0.29) is 6.03 Å². The van der Waals surface area contributed by atoms with Crippen LogP contribution in [0.5, 0.6) is 5.75 Å². The summed E-state index contributed by atoms with van der Waals surface area (Å²) in [6.07, 6.45) is 0. The van der Waals surface area contributed by atoms with Crippen molar-refractivity contribution < 1.29 is 9.53 Å². The number of rotatable bonds is 4. The summed E-state index contributed by atoms with van der Waals surface area (Å²) in [5, 5.41) is 3.83. The van der Waals surface area contributed by atoms with Gasteiger partial charge in [-0.05, 0) is 23.8 Å².